The first-order chi connectivity index (χ1) is 17.2. The normalized spacial score (nSPS) is 44.8. The third-order valence-electron chi connectivity index (χ3n) is 10.5. The van der Waals surface area contributed by atoms with Crippen LogP contribution in [0.2, 0.25) is 0 Å². The van der Waals surface area contributed by atoms with Crippen LogP contribution < -0.4 is 0 Å². The fourth-order valence-corrected chi connectivity index (χ4v) is 7.96. The van der Waals surface area contributed by atoms with Crippen molar-refractivity contribution in [2.75, 3.05) is 13.2 Å². The fraction of sp³-hybridized carbons (Fsp3) is 0.833. The Morgan fingerprint density at radius 2 is 1.81 bits per heavy atom. The van der Waals surface area contributed by atoms with E-state index in [2.05, 4.69) is 27.4 Å². The van der Waals surface area contributed by atoms with Crippen molar-refractivity contribution in [2.24, 2.45) is 23.2 Å². The molecule has 7 nitrogen and oxygen atoms in total. The molecule has 5 saturated heterocycles. The summed E-state index contributed by atoms with van der Waals surface area (Å²) < 4.78 is 24.3. The van der Waals surface area contributed by atoms with Gasteiger partial charge in [0.25, 0.3) is 0 Å². The lowest BCUT2D eigenvalue weighted by atomic mass is 9.57. The molecule has 6 aliphatic rings. The van der Waals surface area contributed by atoms with Crippen LogP contribution in [0, 0.1) is 23.2 Å². The number of hydrogen-bond acceptors (Lipinski definition) is 7. The van der Waals surface area contributed by atoms with Gasteiger partial charge in [-0.25, -0.2) is 4.79 Å². The van der Waals surface area contributed by atoms with Gasteiger partial charge in [0.2, 0.25) is 5.79 Å². The molecular weight excluding hydrogens is 472 g/mol. The molecule has 0 amide bonds. The molecule has 5 heterocycles. The Labute approximate surface area is 221 Å². The van der Waals surface area contributed by atoms with Crippen LogP contribution in [-0.4, -0.2) is 58.3 Å². The molecule has 6 fully saturated rings. The number of ether oxygens (including phenoxy) is 4. The zero-order valence-corrected chi connectivity index (χ0v) is 23.3. The molecule has 37 heavy (non-hydrogen) atoms. The molecule has 1 aliphatic carbocycles. The van der Waals surface area contributed by atoms with Crippen LogP contribution in [0.25, 0.3) is 0 Å². The van der Waals surface area contributed by atoms with Gasteiger partial charge in [-0.1, -0.05) is 26.0 Å². The minimum Gasteiger partial charge on any atom is -0.462 e. The van der Waals surface area contributed by atoms with E-state index in [0.717, 1.165) is 44.1 Å². The van der Waals surface area contributed by atoms with Gasteiger partial charge in [0, 0.05) is 30.8 Å². The number of carbonyl (C=O) groups excluding carboxylic acids is 1. The summed E-state index contributed by atoms with van der Waals surface area (Å²) in [5.41, 5.74) is 0.167. The molecule has 7 atom stereocenters. The number of carbonyl (C=O) groups is 1. The lowest BCUT2D eigenvalue weighted by Crippen LogP contribution is -2.78. The highest BCUT2D eigenvalue weighted by Gasteiger charge is 2.71. The third kappa shape index (κ3) is 4.43. The van der Waals surface area contributed by atoms with Crippen LogP contribution in [0.4, 0.5) is 0 Å². The molecule has 0 aromatic rings. The number of rotatable bonds is 5. The second-order valence-electron chi connectivity index (χ2n) is 13.5. The number of esters is 1. The van der Waals surface area contributed by atoms with Gasteiger partial charge < -0.3 is 29.2 Å². The number of hydrogen-bond donors (Lipinski definition) is 2. The highest BCUT2D eigenvalue weighted by atomic mass is 16.8. The van der Waals surface area contributed by atoms with Crippen LogP contribution in [0.5, 0.6) is 0 Å². The van der Waals surface area contributed by atoms with Gasteiger partial charge in [-0.3, -0.25) is 0 Å². The van der Waals surface area contributed by atoms with E-state index in [9.17, 15) is 15.0 Å². The summed E-state index contributed by atoms with van der Waals surface area (Å²) >= 11 is 0. The van der Waals surface area contributed by atoms with Crippen LogP contribution in [0.15, 0.2) is 23.8 Å². The molecule has 208 valence electrons. The Hall–Kier alpha value is -1.25. The Bertz CT molecular complexity index is 959. The minimum atomic E-state index is -1.33. The zero-order valence-electron chi connectivity index (χ0n) is 23.3. The summed E-state index contributed by atoms with van der Waals surface area (Å²) in [6.07, 6.45) is 8.52. The highest BCUT2D eigenvalue weighted by Crippen LogP contribution is 2.59. The predicted octanol–water partition coefficient (Wildman–Crippen LogP) is 4.80. The summed E-state index contributed by atoms with van der Waals surface area (Å²) in [5.74, 6) is -1.77. The molecule has 2 bridgehead atoms. The Morgan fingerprint density at radius 3 is 2.43 bits per heavy atom. The van der Waals surface area contributed by atoms with E-state index in [1.54, 1.807) is 6.08 Å². The molecule has 6 rings (SSSR count). The zero-order chi connectivity index (χ0) is 26.9. The van der Waals surface area contributed by atoms with Crippen LogP contribution >= 0.6 is 0 Å². The smallest absolute Gasteiger partial charge is 0.333 e. The summed E-state index contributed by atoms with van der Waals surface area (Å²) in [6.45, 7) is 15.6. The van der Waals surface area contributed by atoms with E-state index in [4.69, 9.17) is 18.9 Å². The van der Waals surface area contributed by atoms with E-state index >= 15 is 0 Å². The average Bonchev–Trinajstić information content (AvgIpc) is 3.20. The van der Waals surface area contributed by atoms with Gasteiger partial charge in [0.1, 0.15) is 11.2 Å². The first-order valence-electron chi connectivity index (χ1n) is 14.2. The predicted molar refractivity (Wildman–Crippen MR) is 138 cm³/mol. The van der Waals surface area contributed by atoms with Crippen molar-refractivity contribution in [1.82, 2.24) is 0 Å². The molecule has 0 aromatic carbocycles. The standard InChI is InChI=1S/C30H46O7/c1-19-7-9-22(26(2,3)24(19)23(31)17-21-12-16-34-25(21)32)10-8-20-11-13-30(35-18-20)28(6)14-15-29(33,37-30)27(4,5)36-28/h17,20,22-24,31,33H,1,7-16,18H2,2-6H3/t20-,22-,23-,24+,28-,29-,30-/m0/s1. The van der Waals surface area contributed by atoms with Crippen LogP contribution in [0.1, 0.15) is 92.4 Å². The number of aliphatic hydroxyl groups excluding tert-OH is 1. The summed E-state index contributed by atoms with van der Waals surface area (Å²) in [6, 6.07) is 0. The molecule has 1 saturated carbocycles. The van der Waals surface area contributed by atoms with Crippen molar-refractivity contribution in [3.63, 3.8) is 0 Å². The van der Waals surface area contributed by atoms with Crippen molar-refractivity contribution in [1.29, 1.82) is 0 Å². The van der Waals surface area contributed by atoms with Gasteiger partial charge in [-0.05, 0) is 82.6 Å². The van der Waals surface area contributed by atoms with Crippen LogP contribution in [0.3, 0.4) is 0 Å². The monoisotopic (exact) mass is 518 g/mol. The maximum Gasteiger partial charge on any atom is 0.333 e. The topological polar surface area (TPSA) is 94.5 Å². The summed E-state index contributed by atoms with van der Waals surface area (Å²) in [4.78, 5) is 11.9. The molecular formula is C30H46O7. The van der Waals surface area contributed by atoms with Gasteiger partial charge in [-0.15, -0.1) is 0 Å². The second-order valence-corrected chi connectivity index (χ2v) is 13.5. The molecule has 5 aliphatic heterocycles. The SMILES string of the molecule is C=C1CC[C@@H](CC[C@H]2CC[C@]3(OC2)O[C@@]2(O)CC[C@]3(C)OC2(C)C)C(C)(C)[C@H]1[C@@H](O)C=C1CCOC1=O. The largest absolute Gasteiger partial charge is 0.462 e. The number of aliphatic hydroxyl groups is 2. The first kappa shape index (κ1) is 27.3. The van der Waals surface area contributed by atoms with Crippen molar-refractivity contribution in [3.05, 3.63) is 23.8 Å². The third-order valence-corrected chi connectivity index (χ3v) is 10.5. The average molecular weight is 519 g/mol. The van der Waals surface area contributed by atoms with Crippen molar-refractivity contribution >= 4 is 5.97 Å². The van der Waals surface area contributed by atoms with Gasteiger partial charge in [0.15, 0.2) is 5.79 Å². The molecule has 0 radical (unpaired) electrons. The fourth-order valence-electron chi connectivity index (χ4n) is 7.96. The molecule has 2 N–H and O–H groups in total. The van der Waals surface area contributed by atoms with E-state index < -0.39 is 28.9 Å². The van der Waals surface area contributed by atoms with Gasteiger partial charge >= 0.3 is 5.97 Å². The van der Waals surface area contributed by atoms with Gasteiger partial charge in [0.05, 0.1) is 19.3 Å². The maximum atomic E-state index is 11.9. The summed E-state index contributed by atoms with van der Waals surface area (Å²) in [7, 11) is 0. The van der Waals surface area contributed by atoms with E-state index in [1.165, 1.54) is 0 Å². The quantitative estimate of drug-likeness (QED) is 0.307. The first-order valence-corrected chi connectivity index (χ1v) is 14.2. The number of cyclic esters (lactones) is 1. The van der Waals surface area contributed by atoms with E-state index in [0.29, 0.717) is 49.9 Å². The molecule has 0 aromatic heterocycles. The Morgan fingerprint density at radius 1 is 1.05 bits per heavy atom. The van der Waals surface area contributed by atoms with Crippen molar-refractivity contribution in [3.8, 4) is 0 Å². The second kappa shape index (κ2) is 9.16. The molecule has 1 spiro atoms. The molecule has 0 unspecified atom stereocenters. The van der Waals surface area contributed by atoms with Gasteiger partial charge in [-0.2, -0.15) is 0 Å². The summed E-state index contributed by atoms with van der Waals surface area (Å²) in [5, 5.41) is 22.3. The Balaban J connectivity index is 1.20. The van der Waals surface area contributed by atoms with Crippen molar-refractivity contribution < 1.29 is 34.0 Å². The van der Waals surface area contributed by atoms with Crippen LogP contribution in [-0.2, 0) is 23.7 Å². The lowest BCUT2D eigenvalue weighted by Gasteiger charge is -2.66. The van der Waals surface area contributed by atoms with Crippen molar-refractivity contribution in [2.45, 2.75) is 121 Å². The molecule has 7 heteroatoms. The lowest BCUT2D eigenvalue weighted by molar-refractivity contribution is -0.522. The maximum absolute atomic E-state index is 11.9. The van der Waals surface area contributed by atoms with E-state index in [1.807, 2.05) is 13.8 Å². The van der Waals surface area contributed by atoms with E-state index in [-0.39, 0.29) is 17.3 Å². The minimum absolute atomic E-state index is 0.0922. The highest BCUT2D eigenvalue weighted by molar-refractivity contribution is 5.90. The Kier molecular flexibility index (Phi) is 6.76. The number of fused-ring (bicyclic) bond motifs is 2.